The maximum absolute atomic E-state index is 5.10. The Bertz CT molecular complexity index is 488. The predicted octanol–water partition coefficient (Wildman–Crippen LogP) is 0.465. The van der Waals surface area contributed by atoms with Crippen molar-refractivity contribution >= 4 is 17.0 Å². The summed E-state index contributed by atoms with van der Waals surface area (Å²) in [5.74, 6) is 2.93. The second-order valence-electron chi connectivity index (χ2n) is 2.54. The van der Waals surface area contributed by atoms with Crippen LogP contribution >= 0.6 is 0 Å². The average molecular weight is 185 g/mol. The summed E-state index contributed by atoms with van der Waals surface area (Å²) in [5.41, 5.74) is 1.41. The van der Waals surface area contributed by atoms with Crippen molar-refractivity contribution in [3.63, 3.8) is 0 Å². The van der Waals surface area contributed by atoms with E-state index in [4.69, 9.17) is 6.42 Å². The lowest BCUT2D eigenvalue weighted by Crippen LogP contribution is -2.03. The zero-order valence-electron chi connectivity index (χ0n) is 7.31. The number of nitrogens with one attached hydrogen (secondary N) is 1. The van der Waals surface area contributed by atoms with Gasteiger partial charge in [0.05, 0.1) is 18.9 Å². The topological polar surface area (TPSA) is 63.6 Å². The lowest BCUT2D eigenvalue weighted by Gasteiger charge is -2.00. The molecule has 5 heteroatoms. The van der Waals surface area contributed by atoms with E-state index in [2.05, 4.69) is 31.2 Å². The van der Waals surface area contributed by atoms with Crippen LogP contribution in [0.4, 0.5) is 5.95 Å². The van der Waals surface area contributed by atoms with Crippen molar-refractivity contribution < 1.29 is 0 Å². The first-order valence-corrected chi connectivity index (χ1v) is 4.00. The molecule has 0 aliphatic heterocycles. The van der Waals surface area contributed by atoms with Gasteiger partial charge in [0.1, 0.15) is 17.4 Å². The van der Waals surface area contributed by atoms with Crippen LogP contribution in [-0.4, -0.2) is 26.5 Å². The van der Waals surface area contributed by atoms with Gasteiger partial charge < -0.3 is 5.32 Å². The Morgan fingerprint density at radius 3 is 3.07 bits per heavy atom. The Morgan fingerprint density at radius 2 is 2.21 bits per heavy atom. The number of nitrogens with zero attached hydrogens (tertiary/aromatic N) is 4. The molecule has 0 amide bonds. The van der Waals surface area contributed by atoms with E-state index in [1.54, 1.807) is 12.4 Å². The minimum Gasteiger partial charge on any atom is -0.343 e. The normalized spacial score (nSPS) is 9.64. The summed E-state index contributed by atoms with van der Waals surface area (Å²) >= 11 is 0. The standard InChI is InChI=1S/C9H7N5/c1-2-3-11-9-12-5-7-8(14-9)4-10-6-13-7/h1,4-6H,3H2,(H,11,12,14). The van der Waals surface area contributed by atoms with Gasteiger partial charge in [-0.15, -0.1) is 6.42 Å². The Balaban J connectivity index is 2.37. The molecule has 2 heterocycles. The van der Waals surface area contributed by atoms with Crippen molar-refractivity contribution in [2.45, 2.75) is 0 Å². The summed E-state index contributed by atoms with van der Waals surface area (Å²) in [7, 11) is 0. The fraction of sp³-hybridized carbons (Fsp3) is 0.111. The van der Waals surface area contributed by atoms with Crippen molar-refractivity contribution in [2.75, 3.05) is 11.9 Å². The quantitative estimate of drug-likeness (QED) is 0.689. The summed E-state index contributed by atoms with van der Waals surface area (Å²) in [6.45, 7) is 0.402. The number of aromatic nitrogens is 4. The van der Waals surface area contributed by atoms with Crippen LogP contribution in [0.2, 0.25) is 0 Å². The number of terminal acetylenes is 1. The minimum atomic E-state index is 0.402. The summed E-state index contributed by atoms with van der Waals surface area (Å²) in [6.07, 6.45) is 9.81. The van der Waals surface area contributed by atoms with Gasteiger partial charge in [-0.25, -0.2) is 19.9 Å². The average Bonchev–Trinajstić information content (AvgIpc) is 2.26. The second kappa shape index (κ2) is 3.66. The molecule has 0 radical (unpaired) electrons. The first-order chi connectivity index (χ1) is 6.90. The molecule has 0 bridgehead atoms. The Kier molecular flexibility index (Phi) is 2.19. The maximum atomic E-state index is 5.10. The molecule has 14 heavy (non-hydrogen) atoms. The third-order valence-corrected chi connectivity index (χ3v) is 1.61. The molecular formula is C9H7N5. The molecule has 2 aromatic rings. The zero-order chi connectivity index (χ0) is 9.80. The molecular weight excluding hydrogens is 178 g/mol. The van der Waals surface area contributed by atoms with Gasteiger partial charge in [-0.05, 0) is 0 Å². The molecule has 0 saturated carbocycles. The summed E-state index contributed by atoms with van der Waals surface area (Å²) in [6, 6.07) is 0. The zero-order valence-corrected chi connectivity index (χ0v) is 7.31. The molecule has 0 saturated heterocycles. The molecule has 0 atom stereocenters. The highest BCUT2D eigenvalue weighted by atomic mass is 15.1. The van der Waals surface area contributed by atoms with Crippen molar-refractivity contribution in [1.82, 2.24) is 19.9 Å². The van der Waals surface area contributed by atoms with E-state index in [0.717, 1.165) is 0 Å². The second-order valence-corrected chi connectivity index (χ2v) is 2.54. The first kappa shape index (κ1) is 8.38. The van der Waals surface area contributed by atoms with Gasteiger partial charge in [0, 0.05) is 0 Å². The maximum Gasteiger partial charge on any atom is 0.224 e. The molecule has 0 spiro atoms. The summed E-state index contributed by atoms with van der Waals surface area (Å²) in [5, 5.41) is 2.87. The molecule has 5 nitrogen and oxygen atoms in total. The molecule has 0 aliphatic carbocycles. The first-order valence-electron chi connectivity index (χ1n) is 4.00. The fourth-order valence-electron chi connectivity index (χ4n) is 0.998. The highest BCUT2D eigenvalue weighted by molar-refractivity contribution is 5.72. The van der Waals surface area contributed by atoms with Crippen molar-refractivity contribution in [3.05, 3.63) is 18.7 Å². The third-order valence-electron chi connectivity index (χ3n) is 1.61. The largest absolute Gasteiger partial charge is 0.343 e. The molecule has 68 valence electrons. The highest BCUT2D eigenvalue weighted by Gasteiger charge is 1.98. The lowest BCUT2D eigenvalue weighted by molar-refractivity contribution is 1.12. The van der Waals surface area contributed by atoms with Crippen LogP contribution < -0.4 is 5.32 Å². The highest BCUT2D eigenvalue weighted by Crippen LogP contribution is 2.06. The van der Waals surface area contributed by atoms with E-state index in [1.807, 2.05) is 0 Å². The molecule has 0 aliphatic rings. The Hall–Kier alpha value is -2.22. The van der Waals surface area contributed by atoms with Gasteiger partial charge in [0.15, 0.2) is 0 Å². The van der Waals surface area contributed by atoms with Crippen LogP contribution in [0.15, 0.2) is 18.7 Å². The SMILES string of the molecule is C#CCNc1ncc2ncncc2n1. The van der Waals surface area contributed by atoms with Crippen LogP contribution in [0.25, 0.3) is 11.0 Å². The van der Waals surface area contributed by atoms with Crippen molar-refractivity contribution in [3.8, 4) is 12.3 Å². The Morgan fingerprint density at radius 1 is 1.29 bits per heavy atom. The predicted molar refractivity (Wildman–Crippen MR) is 52.5 cm³/mol. The number of hydrogen-bond donors (Lipinski definition) is 1. The van der Waals surface area contributed by atoms with Crippen molar-refractivity contribution in [1.29, 1.82) is 0 Å². The van der Waals surface area contributed by atoms with E-state index in [1.165, 1.54) is 6.33 Å². The van der Waals surface area contributed by atoms with E-state index in [-0.39, 0.29) is 0 Å². The molecule has 2 aromatic heterocycles. The number of hydrogen-bond acceptors (Lipinski definition) is 5. The molecule has 0 fully saturated rings. The van der Waals surface area contributed by atoms with E-state index in [0.29, 0.717) is 23.5 Å². The molecule has 0 unspecified atom stereocenters. The number of fused-ring (bicyclic) bond motifs is 1. The number of anilines is 1. The Labute approximate surface area is 80.6 Å². The molecule has 0 aromatic carbocycles. The number of rotatable bonds is 2. The third kappa shape index (κ3) is 1.59. The van der Waals surface area contributed by atoms with E-state index >= 15 is 0 Å². The minimum absolute atomic E-state index is 0.402. The van der Waals surface area contributed by atoms with Gasteiger partial charge in [0.2, 0.25) is 5.95 Å². The van der Waals surface area contributed by atoms with E-state index in [9.17, 15) is 0 Å². The monoisotopic (exact) mass is 185 g/mol. The van der Waals surface area contributed by atoms with Gasteiger partial charge >= 0.3 is 0 Å². The van der Waals surface area contributed by atoms with Gasteiger partial charge in [-0.1, -0.05) is 5.92 Å². The smallest absolute Gasteiger partial charge is 0.224 e. The summed E-state index contributed by atoms with van der Waals surface area (Å²) < 4.78 is 0. The van der Waals surface area contributed by atoms with Gasteiger partial charge in [-0.3, -0.25) is 0 Å². The van der Waals surface area contributed by atoms with Crippen LogP contribution in [0.1, 0.15) is 0 Å². The molecule has 2 rings (SSSR count). The molecule has 1 N–H and O–H groups in total. The fourth-order valence-corrected chi connectivity index (χ4v) is 0.998. The van der Waals surface area contributed by atoms with Crippen molar-refractivity contribution in [2.24, 2.45) is 0 Å². The van der Waals surface area contributed by atoms with Gasteiger partial charge in [-0.2, -0.15) is 0 Å². The van der Waals surface area contributed by atoms with Gasteiger partial charge in [0.25, 0.3) is 0 Å². The summed E-state index contributed by atoms with van der Waals surface area (Å²) in [4.78, 5) is 16.1. The van der Waals surface area contributed by atoms with Crippen LogP contribution in [-0.2, 0) is 0 Å². The lowest BCUT2D eigenvalue weighted by atomic mass is 10.4. The van der Waals surface area contributed by atoms with Crippen LogP contribution in [0, 0.1) is 12.3 Å². The van der Waals surface area contributed by atoms with Crippen LogP contribution in [0.3, 0.4) is 0 Å². The van der Waals surface area contributed by atoms with E-state index < -0.39 is 0 Å². The van der Waals surface area contributed by atoms with Crippen LogP contribution in [0.5, 0.6) is 0 Å².